The molecule has 0 spiro atoms. The van der Waals surface area contributed by atoms with Crippen molar-refractivity contribution in [1.29, 1.82) is 0 Å². The Hall–Kier alpha value is -2.40. The van der Waals surface area contributed by atoms with Gasteiger partial charge in [-0.05, 0) is 61.0 Å². The van der Waals surface area contributed by atoms with Gasteiger partial charge in [-0.3, -0.25) is 4.79 Å². The fourth-order valence-corrected chi connectivity index (χ4v) is 3.38. The Bertz CT molecular complexity index is 1020. The van der Waals surface area contributed by atoms with Crippen molar-refractivity contribution in [2.75, 3.05) is 17.2 Å². The Labute approximate surface area is 184 Å². The van der Waals surface area contributed by atoms with E-state index in [2.05, 4.69) is 10.6 Å². The number of halogens is 3. The summed E-state index contributed by atoms with van der Waals surface area (Å²) in [4.78, 5) is 12.2. The van der Waals surface area contributed by atoms with Gasteiger partial charge in [0.05, 0.1) is 10.7 Å². The molecular weight excluding hydrogens is 431 g/mol. The second-order valence-electron chi connectivity index (χ2n) is 6.44. The van der Waals surface area contributed by atoms with Gasteiger partial charge in [-0.15, -0.1) is 0 Å². The van der Waals surface area contributed by atoms with Crippen LogP contribution in [0.15, 0.2) is 60.7 Å². The van der Waals surface area contributed by atoms with Gasteiger partial charge < -0.3 is 15.4 Å². The van der Waals surface area contributed by atoms with Crippen molar-refractivity contribution in [3.8, 4) is 5.75 Å². The lowest BCUT2D eigenvalue weighted by molar-refractivity contribution is -0.118. The third kappa shape index (κ3) is 6.29. The van der Waals surface area contributed by atoms with E-state index in [9.17, 15) is 4.79 Å². The first-order chi connectivity index (χ1) is 13.9. The zero-order valence-corrected chi connectivity index (χ0v) is 17.9. The SMILES string of the molecule is Cc1cccc(NC(=O)COc2ccc(Cl)cc2CNc2ccc(Cl)cc2Cl)c1. The van der Waals surface area contributed by atoms with Crippen LogP contribution in [0.1, 0.15) is 11.1 Å². The Morgan fingerprint density at radius 1 is 0.966 bits per heavy atom. The van der Waals surface area contributed by atoms with Gasteiger partial charge in [-0.25, -0.2) is 0 Å². The van der Waals surface area contributed by atoms with E-state index in [1.807, 2.05) is 31.2 Å². The molecule has 0 aliphatic carbocycles. The number of hydrogen-bond acceptors (Lipinski definition) is 3. The molecule has 3 aromatic carbocycles. The summed E-state index contributed by atoms with van der Waals surface area (Å²) in [5.74, 6) is 0.316. The molecule has 7 heteroatoms. The number of hydrogen-bond donors (Lipinski definition) is 2. The van der Waals surface area contributed by atoms with Crippen LogP contribution in [0.25, 0.3) is 0 Å². The molecule has 0 aliphatic rings. The molecule has 3 aromatic rings. The van der Waals surface area contributed by atoms with Crippen LogP contribution < -0.4 is 15.4 Å². The van der Waals surface area contributed by atoms with E-state index in [0.717, 1.165) is 22.5 Å². The molecule has 0 saturated heterocycles. The third-order valence-electron chi connectivity index (χ3n) is 4.08. The van der Waals surface area contributed by atoms with E-state index in [4.69, 9.17) is 39.5 Å². The molecule has 0 atom stereocenters. The highest BCUT2D eigenvalue weighted by atomic mass is 35.5. The van der Waals surface area contributed by atoms with E-state index in [1.54, 1.807) is 36.4 Å². The maximum atomic E-state index is 12.2. The molecule has 0 unspecified atom stereocenters. The van der Waals surface area contributed by atoms with Crippen molar-refractivity contribution in [1.82, 2.24) is 0 Å². The Morgan fingerprint density at radius 3 is 2.48 bits per heavy atom. The number of benzene rings is 3. The number of carbonyl (C=O) groups excluding carboxylic acids is 1. The van der Waals surface area contributed by atoms with Crippen molar-refractivity contribution in [3.05, 3.63) is 86.9 Å². The van der Waals surface area contributed by atoms with Crippen molar-refractivity contribution >= 4 is 52.1 Å². The monoisotopic (exact) mass is 448 g/mol. The Kier molecular flexibility index (Phi) is 7.26. The Morgan fingerprint density at radius 2 is 1.72 bits per heavy atom. The topological polar surface area (TPSA) is 50.4 Å². The number of rotatable bonds is 7. The summed E-state index contributed by atoms with van der Waals surface area (Å²) in [7, 11) is 0. The summed E-state index contributed by atoms with van der Waals surface area (Å²) in [5.41, 5.74) is 3.33. The maximum absolute atomic E-state index is 12.2. The summed E-state index contributed by atoms with van der Waals surface area (Å²) in [6, 6.07) is 18.0. The van der Waals surface area contributed by atoms with Gasteiger partial charge in [-0.1, -0.05) is 46.9 Å². The van der Waals surface area contributed by atoms with Gasteiger partial charge in [0.1, 0.15) is 5.75 Å². The van der Waals surface area contributed by atoms with E-state index in [0.29, 0.717) is 27.4 Å². The summed E-state index contributed by atoms with van der Waals surface area (Å²) >= 11 is 18.3. The van der Waals surface area contributed by atoms with Crippen LogP contribution in [0.4, 0.5) is 11.4 Å². The lowest BCUT2D eigenvalue weighted by Gasteiger charge is -2.14. The number of anilines is 2. The van der Waals surface area contributed by atoms with E-state index >= 15 is 0 Å². The zero-order chi connectivity index (χ0) is 20.8. The predicted octanol–water partition coefficient (Wildman–Crippen LogP) is 6.58. The fourth-order valence-electron chi connectivity index (χ4n) is 2.71. The normalized spacial score (nSPS) is 10.5. The van der Waals surface area contributed by atoms with E-state index < -0.39 is 0 Å². The number of aryl methyl sites for hydroxylation is 1. The van der Waals surface area contributed by atoms with Crippen LogP contribution in [-0.2, 0) is 11.3 Å². The molecule has 0 heterocycles. The fraction of sp³-hybridized carbons (Fsp3) is 0.136. The van der Waals surface area contributed by atoms with Gasteiger partial charge in [0, 0.05) is 27.8 Å². The molecular formula is C22H19Cl3N2O2. The van der Waals surface area contributed by atoms with Gasteiger partial charge in [-0.2, -0.15) is 0 Å². The van der Waals surface area contributed by atoms with Crippen molar-refractivity contribution < 1.29 is 9.53 Å². The standard InChI is InChI=1S/C22H19Cl3N2O2/c1-14-3-2-4-18(9-14)27-22(28)13-29-21-8-6-16(23)10-15(21)12-26-20-7-5-17(24)11-19(20)25/h2-11,26H,12-13H2,1H3,(H,27,28). The third-order valence-corrected chi connectivity index (χ3v) is 4.87. The summed E-state index contributed by atoms with van der Waals surface area (Å²) in [6.45, 7) is 2.26. The lowest BCUT2D eigenvalue weighted by atomic mass is 10.2. The van der Waals surface area contributed by atoms with E-state index in [-0.39, 0.29) is 12.5 Å². The zero-order valence-electron chi connectivity index (χ0n) is 15.6. The molecule has 0 aromatic heterocycles. The lowest BCUT2D eigenvalue weighted by Crippen LogP contribution is -2.20. The molecule has 0 aliphatic heterocycles. The molecule has 29 heavy (non-hydrogen) atoms. The highest BCUT2D eigenvalue weighted by Crippen LogP contribution is 2.28. The highest BCUT2D eigenvalue weighted by molar-refractivity contribution is 6.36. The highest BCUT2D eigenvalue weighted by Gasteiger charge is 2.10. The van der Waals surface area contributed by atoms with Crippen molar-refractivity contribution in [2.45, 2.75) is 13.5 Å². The molecule has 1 amide bonds. The van der Waals surface area contributed by atoms with E-state index in [1.165, 1.54) is 0 Å². The Balaban J connectivity index is 1.64. The molecule has 0 fully saturated rings. The minimum absolute atomic E-state index is 0.121. The first-order valence-electron chi connectivity index (χ1n) is 8.87. The number of ether oxygens (including phenoxy) is 1. The second-order valence-corrected chi connectivity index (χ2v) is 7.72. The average Bonchev–Trinajstić information content (AvgIpc) is 2.66. The van der Waals surface area contributed by atoms with Crippen molar-refractivity contribution in [3.63, 3.8) is 0 Å². The second kappa shape index (κ2) is 9.88. The van der Waals surface area contributed by atoms with Crippen LogP contribution in [0, 0.1) is 6.92 Å². The van der Waals surface area contributed by atoms with Crippen LogP contribution in [0.3, 0.4) is 0 Å². The average molecular weight is 450 g/mol. The first kappa shape index (κ1) is 21.3. The van der Waals surface area contributed by atoms with Crippen LogP contribution in [0.2, 0.25) is 15.1 Å². The van der Waals surface area contributed by atoms with Gasteiger partial charge in [0.25, 0.3) is 5.91 Å². The number of amides is 1. The van der Waals surface area contributed by atoms with Crippen molar-refractivity contribution in [2.24, 2.45) is 0 Å². The molecule has 0 bridgehead atoms. The molecule has 0 saturated carbocycles. The largest absolute Gasteiger partial charge is 0.483 e. The predicted molar refractivity (Wildman–Crippen MR) is 121 cm³/mol. The molecule has 150 valence electrons. The van der Waals surface area contributed by atoms with Gasteiger partial charge in [0.15, 0.2) is 6.61 Å². The quantitative estimate of drug-likeness (QED) is 0.428. The smallest absolute Gasteiger partial charge is 0.262 e. The van der Waals surface area contributed by atoms with Crippen LogP contribution >= 0.6 is 34.8 Å². The van der Waals surface area contributed by atoms with Crippen LogP contribution in [0.5, 0.6) is 5.75 Å². The number of carbonyl (C=O) groups is 1. The molecule has 0 radical (unpaired) electrons. The first-order valence-corrected chi connectivity index (χ1v) is 10.0. The maximum Gasteiger partial charge on any atom is 0.262 e. The number of nitrogens with one attached hydrogen (secondary N) is 2. The summed E-state index contributed by atoms with van der Waals surface area (Å²) < 4.78 is 5.73. The molecule has 3 rings (SSSR count). The summed E-state index contributed by atoms with van der Waals surface area (Å²) in [5, 5.41) is 7.69. The minimum atomic E-state index is -0.245. The molecule has 4 nitrogen and oxygen atoms in total. The van der Waals surface area contributed by atoms with Gasteiger partial charge in [0.2, 0.25) is 0 Å². The van der Waals surface area contributed by atoms with Gasteiger partial charge >= 0.3 is 0 Å². The summed E-state index contributed by atoms with van der Waals surface area (Å²) in [6.07, 6.45) is 0. The van der Waals surface area contributed by atoms with Crippen LogP contribution in [-0.4, -0.2) is 12.5 Å². The molecule has 2 N–H and O–H groups in total. The minimum Gasteiger partial charge on any atom is -0.483 e.